The van der Waals surface area contributed by atoms with Gasteiger partial charge in [0, 0.05) is 36.5 Å². The van der Waals surface area contributed by atoms with E-state index < -0.39 is 7.81 Å². The van der Waals surface area contributed by atoms with E-state index in [9.17, 15) is 25.2 Å². The second-order valence-electron chi connectivity index (χ2n) is 3.39. The molecule has 0 amide bonds. The van der Waals surface area contributed by atoms with Gasteiger partial charge in [-0.05, 0) is 24.3 Å². The number of rotatable bonds is 1. The van der Waals surface area contributed by atoms with Crippen LogP contribution in [0.5, 0.6) is 0 Å². The van der Waals surface area contributed by atoms with Gasteiger partial charge in [-0.15, -0.1) is 23.2 Å². The zero-order chi connectivity index (χ0) is 18.3. The summed E-state index contributed by atoms with van der Waals surface area (Å²) in [5.41, 5.74) is 0. The predicted molar refractivity (Wildman–Crippen MR) is 83.5 cm³/mol. The van der Waals surface area contributed by atoms with Crippen molar-refractivity contribution in [2.24, 2.45) is 0 Å². The SMILES string of the molecule is ClCCCl.F[P-](F)(F)(F)(F)F.[Ag+].c1ccncc1.c1ccncc1. The van der Waals surface area contributed by atoms with Gasteiger partial charge in [-0.25, -0.2) is 0 Å². The van der Waals surface area contributed by atoms with E-state index in [0.717, 1.165) is 0 Å². The average Bonchev–Trinajstić information content (AvgIpc) is 2.48. The van der Waals surface area contributed by atoms with E-state index in [-0.39, 0.29) is 22.4 Å². The third-order valence-electron chi connectivity index (χ3n) is 1.20. The quantitative estimate of drug-likeness (QED) is 0.179. The Balaban J connectivity index is -0.000000246. The molecule has 0 radical (unpaired) electrons. The first kappa shape index (κ1) is 28.4. The zero-order valence-electron chi connectivity index (χ0n) is 11.9. The molecule has 0 aliphatic carbocycles. The molecule has 0 N–H and O–H groups in total. The fraction of sp³-hybridized carbons (Fsp3) is 0.167. The largest absolute Gasteiger partial charge is 1.00 e. The molecule has 0 unspecified atom stereocenters. The first-order valence-corrected chi connectivity index (χ1v) is 8.85. The van der Waals surface area contributed by atoms with Gasteiger partial charge in [0.2, 0.25) is 0 Å². The summed E-state index contributed by atoms with van der Waals surface area (Å²) >= 11 is 10.1. The molecule has 2 rings (SSSR count). The van der Waals surface area contributed by atoms with Crippen LogP contribution < -0.4 is 0 Å². The van der Waals surface area contributed by atoms with Crippen LogP contribution in [0.4, 0.5) is 25.2 Å². The van der Waals surface area contributed by atoms with Gasteiger partial charge in [0.25, 0.3) is 0 Å². The minimum absolute atomic E-state index is 0. The van der Waals surface area contributed by atoms with Crippen LogP contribution in [0.15, 0.2) is 61.2 Å². The van der Waals surface area contributed by atoms with Crippen molar-refractivity contribution in [3.63, 3.8) is 0 Å². The Bertz CT molecular complexity index is 392. The Kier molecular flexibility index (Phi) is 15.3. The fourth-order valence-electron chi connectivity index (χ4n) is 0.625. The zero-order valence-corrected chi connectivity index (χ0v) is 15.7. The van der Waals surface area contributed by atoms with Crippen molar-refractivity contribution in [3.05, 3.63) is 61.2 Å². The minimum Gasteiger partial charge on any atom is -0.265 e. The smallest absolute Gasteiger partial charge is 0.265 e. The van der Waals surface area contributed by atoms with Gasteiger partial charge in [0.1, 0.15) is 0 Å². The second-order valence-corrected chi connectivity index (χ2v) is 6.06. The van der Waals surface area contributed by atoms with Crippen LogP contribution in [-0.4, -0.2) is 21.7 Å². The molecule has 0 spiro atoms. The summed E-state index contributed by atoms with van der Waals surface area (Å²) in [6, 6.07) is 11.4. The number of pyridine rings is 2. The van der Waals surface area contributed by atoms with E-state index in [1.165, 1.54) is 0 Å². The summed E-state index contributed by atoms with van der Waals surface area (Å²) in [5.74, 6) is 1.11. The normalized spacial score (nSPS) is 12.0. The molecule has 0 saturated carbocycles. The van der Waals surface area contributed by atoms with E-state index in [1.807, 2.05) is 36.4 Å². The van der Waals surface area contributed by atoms with E-state index in [4.69, 9.17) is 23.2 Å². The van der Waals surface area contributed by atoms with E-state index >= 15 is 0 Å². The molecular weight excluding hydrogens is 496 g/mol. The Morgan fingerprint density at radius 1 is 0.583 bits per heavy atom. The molecule has 2 nitrogen and oxygen atoms in total. The molecule has 0 bridgehead atoms. The fourth-order valence-corrected chi connectivity index (χ4v) is 0.625. The summed E-state index contributed by atoms with van der Waals surface area (Å²) in [6.07, 6.45) is 7.00. The number of alkyl halides is 2. The summed E-state index contributed by atoms with van der Waals surface area (Å²) in [4.78, 5) is 7.57. The van der Waals surface area contributed by atoms with Crippen molar-refractivity contribution < 1.29 is 47.6 Å². The van der Waals surface area contributed by atoms with Crippen LogP contribution in [0.3, 0.4) is 0 Å². The van der Waals surface area contributed by atoms with Crippen molar-refractivity contribution in [3.8, 4) is 0 Å². The molecule has 0 aliphatic rings. The van der Waals surface area contributed by atoms with Crippen LogP contribution in [0, 0.1) is 0 Å². The van der Waals surface area contributed by atoms with Crippen molar-refractivity contribution in [2.75, 3.05) is 11.8 Å². The van der Waals surface area contributed by atoms with Gasteiger partial charge < -0.3 is 0 Å². The maximum absolute atomic E-state index is 10.7. The van der Waals surface area contributed by atoms with Crippen molar-refractivity contribution in [1.82, 2.24) is 9.97 Å². The number of hydrogen-bond donors (Lipinski definition) is 0. The summed E-state index contributed by atoms with van der Waals surface area (Å²) < 4.78 is 59.2. The minimum atomic E-state index is -10.7. The molecule has 0 atom stereocenters. The van der Waals surface area contributed by atoms with Gasteiger partial charge in [-0.3, -0.25) is 9.97 Å². The Hall–Kier alpha value is -0.370. The molecule has 12 heteroatoms. The van der Waals surface area contributed by atoms with Gasteiger partial charge in [0.05, 0.1) is 0 Å². The van der Waals surface area contributed by atoms with Crippen molar-refractivity contribution >= 4 is 31.0 Å². The molecule has 24 heavy (non-hydrogen) atoms. The summed E-state index contributed by atoms with van der Waals surface area (Å²) in [7, 11) is -10.7. The van der Waals surface area contributed by atoms with Crippen LogP contribution in [0.25, 0.3) is 0 Å². The predicted octanol–water partition coefficient (Wildman–Crippen LogP) is 7.01. The monoisotopic (exact) mass is 508 g/mol. The number of aromatic nitrogens is 2. The third-order valence-corrected chi connectivity index (χ3v) is 1.78. The molecule has 2 aromatic heterocycles. The molecule has 144 valence electrons. The Morgan fingerprint density at radius 3 is 0.833 bits per heavy atom. The van der Waals surface area contributed by atoms with Gasteiger partial charge >= 0.3 is 55.4 Å². The van der Waals surface area contributed by atoms with E-state index in [0.29, 0.717) is 11.8 Å². The first-order chi connectivity index (χ1) is 10.4. The van der Waals surface area contributed by atoms with E-state index in [1.54, 1.807) is 24.8 Å². The average molecular weight is 510 g/mol. The third kappa shape index (κ3) is 57.7. The molecule has 0 aromatic carbocycles. The topological polar surface area (TPSA) is 25.8 Å². The summed E-state index contributed by atoms with van der Waals surface area (Å²) in [6.45, 7) is 0. The molecule has 0 fully saturated rings. The second kappa shape index (κ2) is 12.9. The van der Waals surface area contributed by atoms with E-state index in [2.05, 4.69) is 9.97 Å². The van der Waals surface area contributed by atoms with Crippen LogP contribution in [0.2, 0.25) is 0 Å². The number of halogens is 8. The number of hydrogen-bond acceptors (Lipinski definition) is 2. The maximum atomic E-state index is 9.87. The molecule has 2 aromatic rings. The first-order valence-electron chi connectivity index (χ1n) is 5.75. The van der Waals surface area contributed by atoms with Crippen LogP contribution >= 0.6 is 31.0 Å². The maximum Gasteiger partial charge on any atom is 1.00 e. The summed E-state index contributed by atoms with van der Waals surface area (Å²) in [5, 5.41) is 0. The Labute approximate surface area is 161 Å². The Morgan fingerprint density at radius 2 is 0.792 bits per heavy atom. The molecular formula is C12H14AgCl2F6N2P. The van der Waals surface area contributed by atoms with Crippen molar-refractivity contribution in [1.29, 1.82) is 0 Å². The van der Waals surface area contributed by atoms with Gasteiger partial charge in [0.15, 0.2) is 0 Å². The number of nitrogens with zero attached hydrogens (tertiary/aromatic N) is 2. The molecule has 0 aliphatic heterocycles. The molecule has 0 saturated heterocycles. The standard InChI is InChI=1S/2C5H5N.C2H4Cl2.Ag.F6P/c2*1-2-4-6-5-3-1;3-1-2-4;;1-7(2,3,4,5)6/h2*1-5H;1-2H2;;/q;;;+1;-1. The van der Waals surface area contributed by atoms with Crippen LogP contribution in [-0.2, 0) is 22.4 Å². The van der Waals surface area contributed by atoms with Crippen molar-refractivity contribution in [2.45, 2.75) is 0 Å². The molecule has 2 heterocycles. The van der Waals surface area contributed by atoms with Crippen LogP contribution in [0.1, 0.15) is 0 Å². The van der Waals surface area contributed by atoms with Gasteiger partial charge in [-0.2, -0.15) is 0 Å². The van der Waals surface area contributed by atoms with Gasteiger partial charge in [-0.1, -0.05) is 12.1 Å².